The van der Waals surface area contributed by atoms with E-state index in [0.717, 1.165) is 5.56 Å². The van der Waals surface area contributed by atoms with Crippen molar-refractivity contribution in [3.8, 4) is 0 Å². The van der Waals surface area contributed by atoms with Crippen LogP contribution in [0, 0.1) is 3.95 Å². The number of hydrogen-bond donors (Lipinski definition) is 0. The van der Waals surface area contributed by atoms with Gasteiger partial charge in [0, 0.05) is 6.54 Å². The topological polar surface area (TPSA) is 39.8 Å². The van der Waals surface area contributed by atoms with Gasteiger partial charge in [-0.2, -0.15) is 0 Å². The molecule has 0 bridgehead atoms. The van der Waals surface area contributed by atoms with E-state index in [4.69, 9.17) is 12.2 Å². The molecule has 0 saturated heterocycles. The summed E-state index contributed by atoms with van der Waals surface area (Å²) in [4.78, 5) is 16.9. The number of nitrogens with zero attached hydrogens (tertiary/aromatic N) is 3. The van der Waals surface area contributed by atoms with Crippen molar-refractivity contribution in [3.63, 3.8) is 0 Å². The van der Waals surface area contributed by atoms with E-state index in [0.29, 0.717) is 27.4 Å². The highest BCUT2D eigenvalue weighted by Gasteiger charge is 2.11. The minimum absolute atomic E-state index is 0.0530. The SMILES string of the molecule is C=CCn1c(=S)sc2c(=O)n(Cc3ccccc3)cnc21. The number of fused-ring (bicyclic) bond motifs is 1. The maximum atomic E-state index is 12.6. The lowest BCUT2D eigenvalue weighted by atomic mass is 10.2. The van der Waals surface area contributed by atoms with E-state index in [2.05, 4.69) is 11.6 Å². The molecule has 0 spiro atoms. The molecule has 3 rings (SSSR count). The summed E-state index contributed by atoms with van der Waals surface area (Å²) < 4.78 is 4.69. The van der Waals surface area contributed by atoms with Crippen molar-refractivity contribution in [1.29, 1.82) is 0 Å². The molecule has 0 fully saturated rings. The predicted molar refractivity (Wildman–Crippen MR) is 88.4 cm³/mol. The van der Waals surface area contributed by atoms with Gasteiger partial charge in [-0.25, -0.2) is 4.98 Å². The molecule has 1 aromatic carbocycles. The molecule has 4 nitrogen and oxygen atoms in total. The van der Waals surface area contributed by atoms with Gasteiger partial charge in [-0.05, 0) is 17.8 Å². The first kappa shape index (κ1) is 13.9. The molecule has 0 aliphatic heterocycles. The van der Waals surface area contributed by atoms with Crippen LogP contribution in [0.5, 0.6) is 0 Å². The van der Waals surface area contributed by atoms with Crippen LogP contribution >= 0.6 is 23.6 Å². The van der Waals surface area contributed by atoms with Crippen LogP contribution in [-0.4, -0.2) is 14.1 Å². The Morgan fingerprint density at radius 2 is 2.10 bits per heavy atom. The van der Waals surface area contributed by atoms with E-state index < -0.39 is 0 Å². The van der Waals surface area contributed by atoms with Crippen LogP contribution in [0.25, 0.3) is 10.3 Å². The van der Waals surface area contributed by atoms with Gasteiger partial charge in [-0.3, -0.25) is 9.36 Å². The Balaban J connectivity index is 2.11. The van der Waals surface area contributed by atoms with E-state index >= 15 is 0 Å². The van der Waals surface area contributed by atoms with Crippen molar-refractivity contribution in [2.75, 3.05) is 0 Å². The standard InChI is InChI=1S/C15H13N3OS2/c1-2-8-18-13-12(21-15(18)20)14(19)17(10-16-13)9-11-6-4-3-5-7-11/h2-7,10H,1,8-9H2. The van der Waals surface area contributed by atoms with Crippen molar-refractivity contribution < 1.29 is 0 Å². The summed E-state index contributed by atoms with van der Waals surface area (Å²) in [5, 5.41) is 0. The molecule has 0 atom stereocenters. The molecule has 0 saturated carbocycles. The number of aromatic nitrogens is 3. The molecule has 2 aromatic heterocycles. The molecule has 0 radical (unpaired) electrons. The maximum Gasteiger partial charge on any atom is 0.273 e. The molecule has 2 heterocycles. The monoisotopic (exact) mass is 315 g/mol. The number of benzene rings is 1. The van der Waals surface area contributed by atoms with E-state index in [1.165, 1.54) is 11.3 Å². The predicted octanol–water partition coefficient (Wildman–Crippen LogP) is 3.22. The Labute approximate surface area is 130 Å². The Morgan fingerprint density at radius 1 is 1.33 bits per heavy atom. The second-order valence-corrected chi connectivity index (χ2v) is 6.23. The molecular formula is C15H13N3OS2. The van der Waals surface area contributed by atoms with Gasteiger partial charge in [0.2, 0.25) is 0 Å². The van der Waals surface area contributed by atoms with Crippen LogP contribution in [0.4, 0.5) is 0 Å². The van der Waals surface area contributed by atoms with Gasteiger partial charge in [-0.1, -0.05) is 47.7 Å². The molecule has 21 heavy (non-hydrogen) atoms. The molecule has 106 valence electrons. The number of allylic oxidation sites excluding steroid dienone is 1. The van der Waals surface area contributed by atoms with E-state index in [9.17, 15) is 4.79 Å². The highest BCUT2D eigenvalue weighted by atomic mass is 32.1. The minimum Gasteiger partial charge on any atom is -0.304 e. The normalized spacial score (nSPS) is 10.9. The molecule has 0 amide bonds. The van der Waals surface area contributed by atoms with Gasteiger partial charge in [0.1, 0.15) is 11.0 Å². The fourth-order valence-electron chi connectivity index (χ4n) is 2.15. The zero-order valence-corrected chi connectivity index (χ0v) is 12.9. The number of thiazole rings is 1. The average molecular weight is 315 g/mol. The van der Waals surface area contributed by atoms with Gasteiger partial charge in [0.25, 0.3) is 5.56 Å². The van der Waals surface area contributed by atoms with Gasteiger partial charge in [0.15, 0.2) is 9.60 Å². The number of rotatable bonds is 4. The average Bonchev–Trinajstić information content (AvgIpc) is 2.81. The fraction of sp³-hybridized carbons (Fsp3) is 0.133. The minimum atomic E-state index is -0.0530. The van der Waals surface area contributed by atoms with Crippen LogP contribution in [0.15, 0.2) is 54.1 Å². The molecule has 0 aliphatic rings. The van der Waals surface area contributed by atoms with Crippen molar-refractivity contribution in [1.82, 2.24) is 14.1 Å². The van der Waals surface area contributed by atoms with Gasteiger partial charge < -0.3 is 4.57 Å². The lowest BCUT2D eigenvalue weighted by molar-refractivity contribution is 0.741. The zero-order chi connectivity index (χ0) is 14.8. The van der Waals surface area contributed by atoms with Crippen molar-refractivity contribution in [2.45, 2.75) is 13.1 Å². The Morgan fingerprint density at radius 3 is 2.81 bits per heavy atom. The van der Waals surface area contributed by atoms with Crippen LogP contribution in [-0.2, 0) is 13.1 Å². The summed E-state index contributed by atoms with van der Waals surface area (Å²) in [5.41, 5.74) is 1.65. The Hall–Kier alpha value is -2.05. The highest BCUT2D eigenvalue weighted by Crippen LogP contribution is 2.17. The summed E-state index contributed by atoms with van der Waals surface area (Å²) in [6.07, 6.45) is 3.33. The summed E-state index contributed by atoms with van der Waals surface area (Å²) in [6.45, 7) is 4.78. The third-order valence-electron chi connectivity index (χ3n) is 3.15. The first-order chi connectivity index (χ1) is 10.2. The van der Waals surface area contributed by atoms with Gasteiger partial charge in [0.05, 0.1) is 6.54 Å². The van der Waals surface area contributed by atoms with Crippen molar-refractivity contribution in [2.24, 2.45) is 0 Å². The quantitative estimate of drug-likeness (QED) is 0.548. The Bertz CT molecular complexity index is 906. The maximum absolute atomic E-state index is 12.6. The van der Waals surface area contributed by atoms with Gasteiger partial charge >= 0.3 is 0 Å². The molecular weight excluding hydrogens is 302 g/mol. The largest absolute Gasteiger partial charge is 0.304 e. The highest BCUT2D eigenvalue weighted by molar-refractivity contribution is 7.73. The van der Waals surface area contributed by atoms with Crippen LogP contribution < -0.4 is 5.56 Å². The number of hydrogen-bond acceptors (Lipinski definition) is 4. The first-order valence-corrected chi connectivity index (χ1v) is 7.67. The lowest BCUT2D eigenvalue weighted by Gasteiger charge is -2.05. The molecule has 3 aromatic rings. The lowest BCUT2D eigenvalue weighted by Crippen LogP contribution is -2.20. The third-order valence-corrected chi connectivity index (χ3v) is 4.58. The summed E-state index contributed by atoms with van der Waals surface area (Å²) in [5.74, 6) is 0. The van der Waals surface area contributed by atoms with Gasteiger partial charge in [-0.15, -0.1) is 6.58 Å². The summed E-state index contributed by atoms with van der Waals surface area (Å²) in [6, 6.07) is 9.84. The van der Waals surface area contributed by atoms with Crippen LogP contribution in [0.2, 0.25) is 0 Å². The summed E-state index contributed by atoms with van der Waals surface area (Å²) >= 11 is 6.60. The first-order valence-electron chi connectivity index (χ1n) is 6.44. The van der Waals surface area contributed by atoms with Crippen LogP contribution in [0.3, 0.4) is 0 Å². The smallest absolute Gasteiger partial charge is 0.273 e. The summed E-state index contributed by atoms with van der Waals surface area (Å²) in [7, 11) is 0. The second-order valence-electron chi connectivity index (χ2n) is 4.58. The molecule has 6 heteroatoms. The Kier molecular flexibility index (Phi) is 3.81. The van der Waals surface area contributed by atoms with E-state index in [1.54, 1.807) is 17.0 Å². The molecule has 0 aliphatic carbocycles. The van der Waals surface area contributed by atoms with E-state index in [1.807, 2.05) is 34.9 Å². The molecule has 0 unspecified atom stereocenters. The third kappa shape index (κ3) is 2.59. The second kappa shape index (κ2) is 5.75. The fourth-order valence-corrected chi connectivity index (χ4v) is 3.47. The van der Waals surface area contributed by atoms with Crippen molar-refractivity contribution in [3.05, 3.63) is 69.2 Å². The van der Waals surface area contributed by atoms with Crippen molar-refractivity contribution >= 4 is 33.9 Å². The van der Waals surface area contributed by atoms with E-state index in [-0.39, 0.29) is 5.56 Å². The molecule has 0 N–H and O–H groups in total. The zero-order valence-electron chi connectivity index (χ0n) is 11.2. The van der Waals surface area contributed by atoms with Crippen LogP contribution in [0.1, 0.15) is 5.56 Å².